The van der Waals surface area contributed by atoms with Crippen LogP contribution in [0, 0.1) is 0 Å². The summed E-state index contributed by atoms with van der Waals surface area (Å²) in [5.74, 6) is 0.362. The number of fused-ring (bicyclic) bond motifs is 2. The smallest absolute Gasteiger partial charge is 0.330 e. The predicted molar refractivity (Wildman–Crippen MR) is 119 cm³/mol. The van der Waals surface area contributed by atoms with Gasteiger partial charge in [0.1, 0.15) is 19.0 Å². The van der Waals surface area contributed by atoms with E-state index in [-0.39, 0.29) is 13.2 Å². The molecule has 0 atom stereocenters. The summed E-state index contributed by atoms with van der Waals surface area (Å²) in [6.07, 6.45) is 1.15. The lowest BCUT2D eigenvalue weighted by Gasteiger charge is -2.14. The molecule has 0 aliphatic rings. The highest BCUT2D eigenvalue weighted by atomic mass is 32.2. The second-order valence-electron chi connectivity index (χ2n) is 6.44. The van der Waals surface area contributed by atoms with Crippen molar-refractivity contribution in [3.05, 3.63) is 91.5 Å². The SMILES string of the molecule is C=CC(=O)OCCOc1c2ccccc2cc2ccc(Sc3ccccc3)cc12. The van der Waals surface area contributed by atoms with Crippen LogP contribution in [0.2, 0.25) is 0 Å². The summed E-state index contributed by atoms with van der Waals surface area (Å²) in [5, 5.41) is 4.30. The Hall–Kier alpha value is -3.24. The fourth-order valence-corrected chi connectivity index (χ4v) is 4.07. The maximum atomic E-state index is 11.3. The van der Waals surface area contributed by atoms with Gasteiger partial charge in [0, 0.05) is 26.6 Å². The molecule has 4 aromatic carbocycles. The topological polar surface area (TPSA) is 35.5 Å². The van der Waals surface area contributed by atoms with Gasteiger partial charge in [0.15, 0.2) is 0 Å². The fraction of sp³-hybridized carbons (Fsp3) is 0.0800. The summed E-state index contributed by atoms with van der Waals surface area (Å²) in [6, 6.07) is 27.0. The van der Waals surface area contributed by atoms with Crippen molar-refractivity contribution in [1.82, 2.24) is 0 Å². The Balaban J connectivity index is 1.70. The average Bonchev–Trinajstić information content (AvgIpc) is 2.76. The van der Waals surface area contributed by atoms with Crippen molar-refractivity contribution in [2.45, 2.75) is 9.79 Å². The Bertz CT molecular complexity index is 1170. The first-order valence-electron chi connectivity index (χ1n) is 9.35. The highest BCUT2D eigenvalue weighted by Gasteiger charge is 2.11. The van der Waals surface area contributed by atoms with Gasteiger partial charge in [-0.15, -0.1) is 0 Å². The highest BCUT2D eigenvalue weighted by molar-refractivity contribution is 7.99. The van der Waals surface area contributed by atoms with Crippen LogP contribution in [-0.4, -0.2) is 19.2 Å². The molecule has 0 aromatic heterocycles. The van der Waals surface area contributed by atoms with Crippen LogP contribution in [-0.2, 0) is 9.53 Å². The third kappa shape index (κ3) is 4.44. The molecule has 0 bridgehead atoms. The van der Waals surface area contributed by atoms with Crippen molar-refractivity contribution in [3.8, 4) is 5.75 Å². The van der Waals surface area contributed by atoms with E-state index < -0.39 is 5.97 Å². The summed E-state index contributed by atoms with van der Waals surface area (Å²) in [6.45, 7) is 3.86. The minimum atomic E-state index is -0.446. The normalized spacial score (nSPS) is 10.8. The number of hydrogen-bond donors (Lipinski definition) is 0. The monoisotopic (exact) mass is 400 g/mol. The zero-order valence-electron chi connectivity index (χ0n) is 15.8. The zero-order chi connectivity index (χ0) is 20.1. The van der Waals surface area contributed by atoms with Crippen molar-refractivity contribution in [2.75, 3.05) is 13.2 Å². The molecule has 0 fully saturated rings. The third-order valence-corrected chi connectivity index (χ3v) is 5.50. The Morgan fingerprint density at radius 3 is 2.41 bits per heavy atom. The third-order valence-electron chi connectivity index (χ3n) is 4.51. The van der Waals surface area contributed by atoms with Crippen LogP contribution in [0.1, 0.15) is 0 Å². The number of rotatable bonds is 7. The largest absolute Gasteiger partial charge is 0.489 e. The van der Waals surface area contributed by atoms with Gasteiger partial charge in [0.05, 0.1) is 0 Å². The molecule has 0 amide bonds. The summed E-state index contributed by atoms with van der Waals surface area (Å²) in [5.41, 5.74) is 0. The van der Waals surface area contributed by atoms with E-state index in [4.69, 9.17) is 9.47 Å². The molecule has 0 saturated heterocycles. The molecule has 4 aromatic rings. The first-order valence-corrected chi connectivity index (χ1v) is 10.2. The Morgan fingerprint density at radius 1 is 0.828 bits per heavy atom. The van der Waals surface area contributed by atoms with E-state index in [2.05, 4.69) is 55.1 Å². The molecule has 0 spiro atoms. The van der Waals surface area contributed by atoms with Crippen LogP contribution >= 0.6 is 11.8 Å². The summed E-state index contributed by atoms with van der Waals surface area (Å²) in [4.78, 5) is 13.6. The molecular formula is C25H20O3S. The van der Waals surface area contributed by atoms with Crippen molar-refractivity contribution < 1.29 is 14.3 Å². The second kappa shape index (κ2) is 8.84. The molecule has 144 valence electrons. The van der Waals surface area contributed by atoms with E-state index in [1.165, 1.54) is 4.90 Å². The van der Waals surface area contributed by atoms with Crippen molar-refractivity contribution in [2.24, 2.45) is 0 Å². The van der Waals surface area contributed by atoms with Gasteiger partial charge in [-0.2, -0.15) is 0 Å². The maximum absolute atomic E-state index is 11.3. The van der Waals surface area contributed by atoms with E-state index in [0.717, 1.165) is 38.3 Å². The Labute approximate surface area is 173 Å². The molecular weight excluding hydrogens is 380 g/mol. The lowest BCUT2D eigenvalue weighted by Crippen LogP contribution is -2.10. The molecule has 0 radical (unpaired) electrons. The van der Waals surface area contributed by atoms with Gasteiger partial charge >= 0.3 is 5.97 Å². The minimum Gasteiger partial charge on any atom is -0.489 e. The van der Waals surface area contributed by atoms with Crippen LogP contribution < -0.4 is 4.74 Å². The first-order chi connectivity index (χ1) is 14.2. The standard InChI is InChI=1S/C25H20O3S/c1-2-24(26)27-14-15-28-25-22-11-7-6-8-18(22)16-19-12-13-21(17-23(19)25)29-20-9-4-3-5-10-20/h2-13,16-17H,1,14-15H2. The lowest BCUT2D eigenvalue weighted by molar-refractivity contribution is -0.138. The molecule has 3 nitrogen and oxygen atoms in total. The van der Waals surface area contributed by atoms with Gasteiger partial charge in [0.2, 0.25) is 0 Å². The zero-order valence-corrected chi connectivity index (χ0v) is 16.7. The number of esters is 1. The first kappa shape index (κ1) is 19.1. The van der Waals surface area contributed by atoms with Crippen LogP contribution in [0.4, 0.5) is 0 Å². The van der Waals surface area contributed by atoms with Crippen LogP contribution in [0.25, 0.3) is 21.5 Å². The Morgan fingerprint density at radius 2 is 1.59 bits per heavy atom. The predicted octanol–water partition coefficient (Wildman–Crippen LogP) is 6.25. The number of carbonyl (C=O) groups excluding carboxylic acids is 1. The van der Waals surface area contributed by atoms with Gasteiger partial charge in [0.25, 0.3) is 0 Å². The van der Waals surface area contributed by atoms with E-state index in [1.54, 1.807) is 11.8 Å². The average molecular weight is 400 g/mol. The number of ether oxygens (including phenoxy) is 2. The van der Waals surface area contributed by atoms with Crippen molar-refractivity contribution in [3.63, 3.8) is 0 Å². The molecule has 0 heterocycles. The number of hydrogen-bond acceptors (Lipinski definition) is 4. The quantitative estimate of drug-likeness (QED) is 0.159. The van der Waals surface area contributed by atoms with E-state index >= 15 is 0 Å². The maximum Gasteiger partial charge on any atom is 0.330 e. The van der Waals surface area contributed by atoms with Gasteiger partial charge in [-0.1, -0.05) is 66.9 Å². The van der Waals surface area contributed by atoms with Gasteiger partial charge in [-0.05, 0) is 41.1 Å². The van der Waals surface area contributed by atoms with Gasteiger partial charge in [-0.25, -0.2) is 4.79 Å². The van der Waals surface area contributed by atoms with E-state index in [9.17, 15) is 4.79 Å². The summed E-state index contributed by atoms with van der Waals surface area (Å²) in [7, 11) is 0. The van der Waals surface area contributed by atoms with E-state index in [0.29, 0.717) is 0 Å². The number of benzene rings is 4. The highest BCUT2D eigenvalue weighted by Crippen LogP contribution is 2.38. The van der Waals surface area contributed by atoms with Crippen LogP contribution in [0.5, 0.6) is 5.75 Å². The number of carbonyl (C=O) groups is 1. The molecule has 0 aliphatic carbocycles. The van der Waals surface area contributed by atoms with Crippen LogP contribution in [0.3, 0.4) is 0 Å². The fourth-order valence-electron chi connectivity index (χ4n) is 3.19. The molecule has 0 aliphatic heterocycles. The van der Waals surface area contributed by atoms with Crippen molar-refractivity contribution >= 4 is 39.3 Å². The summed E-state index contributed by atoms with van der Waals surface area (Å²) < 4.78 is 11.2. The minimum absolute atomic E-state index is 0.175. The van der Waals surface area contributed by atoms with Crippen molar-refractivity contribution in [1.29, 1.82) is 0 Å². The Kier molecular flexibility index (Phi) is 5.82. The summed E-state index contributed by atoms with van der Waals surface area (Å²) >= 11 is 1.72. The van der Waals surface area contributed by atoms with E-state index in [1.807, 2.05) is 30.3 Å². The van der Waals surface area contributed by atoms with Crippen LogP contribution in [0.15, 0.2) is 101 Å². The molecule has 0 unspecified atom stereocenters. The van der Waals surface area contributed by atoms with Gasteiger partial charge in [-0.3, -0.25) is 0 Å². The second-order valence-corrected chi connectivity index (χ2v) is 7.59. The molecule has 4 rings (SSSR count). The molecule has 0 saturated carbocycles. The molecule has 29 heavy (non-hydrogen) atoms. The molecule has 4 heteroatoms. The molecule has 0 N–H and O–H groups in total. The van der Waals surface area contributed by atoms with Gasteiger partial charge < -0.3 is 9.47 Å². The lowest BCUT2D eigenvalue weighted by atomic mass is 10.0.